The Morgan fingerprint density at radius 1 is 1.11 bits per heavy atom. The first-order chi connectivity index (χ1) is 8.75. The van der Waals surface area contributed by atoms with Gasteiger partial charge in [0, 0.05) is 0 Å². The molecule has 1 saturated carbocycles. The van der Waals surface area contributed by atoms with Gasteiger partial charge in [0.15, 0.2) is 0 Å². The van der Waals surface area contributed by atoms with E-state index in [4.69, 9.17) is 5.11 Å². The molecule has 2 aromatic rings. The molecule has 1 aliphatic rings. The van der Waals surface area contributed by atoms with Gasteiger partial charge in [-0.05, 0) is 41.5 Å². The SMILES string of the molecule is O=C(O)C1CCC1Cc1cccc2ccccc12. The van der Waals surface area contributed by atoms with Crippen molar-refractivity contribution in [2.45, 2.75) is 19.3 Å². The second-order valence-electron chi connectivity index (χ2n) is 5.12. The highest BCUT2D eigenvalue weighted by Crippen LogP contribution is 2.38. The van der Waals surface area contributed by atoms with Crippen molar-refractivity contribution < 1.29 is 9.90 Å². The van der Waals surface area contributed by atoms with Crippen molar-refractivity contribution >= 4 is 16.7 Å². The van der Waals surface area contributed by atoms with E-state index in [1.165, 1.54) is 16.3 Å². The average molecular weight is 240 g/mol. The summed E-state index contributed by atoms with van der Waals surface area (Å²) in [5.41, 5.74) is 1.28. The molecule has 2 aromatic carbocycles. The van der Waals surface area contributed by atoms with Crippen LogP contribution in [0.5, 0.6) is 0 Å². The Labute approximate surface area is 106 Å². The van der Waals surface area contributed by atoms with E-state index >= 15 is 0 Å². The Morgan fingerprint density at radius 3 is 2.61 bits per heavy atom. The summed E-state index contributed by atoms with van der Waals surface area (Å²) >= 11 is 0. The van der Waals surface area contributed by atoms with E-state index in [1.54, 1.807) is 0 Å². The van der Waals surface area contributed by atoms with Crippen LogP contribution in [0.15, 0.2) is 42.5 Å². The summed E-state index contributed by atoms with van der Waals surface area (Å²) in [7, 11) is 0. The predicted octanol–water partition coefficient (Wildman–Crippen LogP) is 3.49. The second kappa shape index (κ2) is 4.45. The van der Waals surface area contributed by atoms with E-state index in [2.05, 4.69) is 30.3 Å². The Morgan fingerprint density at radius 2 is 1.89 bits per heavy atom. The van der Waals surface area contributed by atoms with Crippen LogP contribution in [0.1, 0.15) is 18.4 Å². The minimum absolute atomic E-state index is 0.135. The molecule has 3 rings (SSSR count). The third kappa shape index (κ3) is 1.88. The van der Waals surface area contributed by atoms with Crippen molar-refractivity contribution in [3.63, 3.8) is 0 Å². The van der Waals surface area contributed by atoms with Crippen LogP contribution in [0.3, 0.4) is 0 Å². The Bertz CT molecular complexity index is 583. The Balaban J connectivity index is 1.89. The van der Waals surface area contributed by atoms with Gasteiger partial charge in [0.2, 0.25) is 0 Å². The highest BCUT2D eigenvalue weighted by atomic mass is 16.4. The first-order valence-corrected chi connectivity index (χ1v) is 6.45. The van der Waals surface area contributed by atoms with E-state index in [1.807, 2.05) is 12.1 Å². The number of rotatable bonds is 3. The zero-order valence-corrected chi connectivity index (χ0v) is 10.2. The van der Waals surface area contributed by atoms with Gasteiger partial charge >= 0.3 is 5.97 Å². The molecule has 2 unspecified atom stereocenters. The molecule has 0 bridgehead atoms. The van der Waals surface area contributed by atoms with Crippen molar-refractivity contribution in [2.24, 2.45) is 11.8 Å². The van der Waals surface area contributed by atoms with E-state index in [9.17, 15) is 4.79 Å². The molecule has 1 N–H and O–H groups in total. The number of carboxylic acid groups (broad SMARTS) is 1. The third-order valence-electron chi connectivity index (χ3n) is 4.10. The molecule has 18 heavy (non-hydrogen) atoms. The minimum atomic E-state index is -0.633. The topological polar surface area (TPSA) is 37.3 Å². The summed E-state index contributed by atoms with van der Waals surface area (Å²) in [6.45, 7) is 0. The largest absolute Gasteiger partial charge is 0.481 e. The van der Waals surface area contributed by atoms with Crippen molar-refractivity contribution in [3.8, 4) is 0 Å². The lowest BCUT2D eigenvalue weighted by Gasteiger charge is -2.33. The first-order valence-electron chi connectivity index (χ1n) is 6.45. The highest BCUT2D eigenvalue weighted by Gasteiger charge is 2.36. The summed E-state index contributed by atoms with van der Waals surface area (Å²) in [5.74, 6) is -0.455. The third-order valence-corrected chi connectivity index (χ3v) is 4.10. The summed E-state index contributed by atoms with van der Waals surface area (Å²) < 4.78 is 0. The fourth-order valence-electron chi connectivity index (χ4n) is 2.89. The van der Waals surface area contributed by atoms with Crippen LogP contribution in [0, 0.1) is 11.8 Å². The monoisotopic (exact) mass is 240 g/mol. The smallest absolute Gasteiger partial charge is 0.306 e. The fraction of sp³-hybridized carbons (Fsp3) is 0.312. The molecule has 2 heteroatoms. The quantitative estimate of drug-likeness (QED) is 0.891. The van der Waals surface area contributed by atoms with Crippen molar-refractivity contribution in [1.82, 2.24) is 0 Å². The van der Waals surface area contributed by atoms with Crippen LogP contribution in [-0.2, 0) is 11.2 Å². The summed E-state index contributed by atoms with van der Waals surface area (Å²) in [5, 5.41) is 11.6. The molecule has 0 amide bonds. The molecule has 92 valence electrons. The van der Waals surface area contributed by atoms with Gasteiger partial charge in [0.05, 0.1) is 5.92 Å². The van der Waals surface area contributed by atoms with Crippen LogP contribution < -0.4 is 0 Å². The number of aliphatic carboxylic acids is 1. The summed E-state index contributed by atoms with van der Waals surface area (Å²) in [6, 6.07) is 14.6. The van der Waals surface area contributed by atoms with Gasteiger partial charge in [-0.25, -0.2) is 0 Å². The van der Waals surface area contributed by atoms with Crippen molar-refractivity contribution in [2.75, 3.05) is 0 Å². The number of carbonyl (C=O) groups is 1. The second-order valence-corrected chi connectivity index (χ2v) is 5.12. The van der Waals surface area contributed by atoms with Crippen LogP contribution in [0.4, 0.5) is 0 Å². The zero-order chi connectivity index (χ0) is 12.5. The molecule has 1 fully saturated rings. The Hall–Kier alpha value is -1.83. The van der Waals surface area contributed by atoms with Gasteiger partial charge in [0.1, 0.15) is 0 Å². The molecule has 0 saturated heterocycles. The highest BCUT2D eigenvalue weighted by molar-refractivity contribution is 5.85. The van der Waals surface area contributed by atoms with Crippen molar-refractivity contribution in [1.29, 1.82) is 0 Å². The number of carboxylic acids is 1. The van der Waals surface area contributed by atoms with Crippen LogP contribution >= 0.6 is 0 Å². The normalized spacial score (nSPS) is 22.7. The maximum Gasteiger partial charge on any atom is 0.306 e. The maximum atomic E-state index is 11.0. The first kappa shape index (κ1) is 11.3. The molecule has 0 aliphatic heterocycles. The average Bonchev–Trinajstić information content (AvgIpc) is 2.34. The van der Waals surface area contributed by atoms with Crippen molar-refractivity contribution in [3.05, 3.63) is 48.0 Å². The van der Waals surface area contributed by atoms with Gasteiger partial charge < -0.3 is 5.11 Å². The molecular weight excluding hydrogens is 224 g/mol. The Kier molecular flexibility index (Phi) is 2.78. The maximum absolute atomic E-state index is 11.0. The van der Waals surface area contributed by atoms with Gasteiger partial charge in [0.25, 0.3) is 0 Å². The van der Waals surface area contributed by atoms with E-state index in [0.29, 0.717) is 5.92 Å². The zero-order valence-electron chi connectivity index (χ0n) is 10.2. The summed E-state index contributed by atoms with van der Waals surface area (Å²) in [6.07, 6.45) is 2.77. The molecule has 0 radical (unpaired) electrons. The molecule has 2 atom stereocenters. The standard InChI is InChI=1S/C16H16O2/c17-16(18)15-9-8-13(15)10-12-6-3-5-11-4-1-2-7-14(11)12/h1-7,13,15H,8-10H2,(H,17,18). The van der Waals surface area contributed by atoms with Gasteiger partial charge in [-0.1, -0.05) is 42.5 Å². The number of hydrogen-bond acceptors (Lipinski definition) is 1. The van der Waals surface area contributed by atoms with Gasteiger partial charge in [-0.15, -0.1) is 0 Å². The van der Waals surface area contributed by atoms with Crippen LogP contribution in [0.2, 0.25) is 0 Å². The molecular formula is C16H16O2. The minimum Gasteiger partial charge on any atom is -0.481 e. The van der Waals surface area contributed by atoms with Crippen LogP contribution in [0.25, 0.3) is 10.8 Å². The van der Waals surface area contributed by atoms with Crippen LogP contribution in [-0.4, -0.2) is 11.1 Å². The molecule has 0 heterocycles. The lowest BCUT2D eigenvalue weighted by Crippen LogP contribution is -2.34. The number of fused-ring (bicyclic) bond motifs is 1. The molecule has 2 nitrogen and oxygen atoms in total. The van der Waals surface area contributed by atoms with Gasteiger partial charge in [-0.3, -0.25) is 4.79 Å². The molecule has 1 aliphatic carbocycles. The number of hydrogen-bond donors (Lipinski definition) is 1. The molecule has 0 spiro atoms. The fourth-order valence-corrected chi connectivity index (χ4v) is 2.89. The molecule has 0 aromatic heterocycles. The van der Waals surface area contributed by atoms with Gasteiger partial charge in [-0.2, -0.15) is 0 Å². The van der Waals surface area contributed by atoms with E-state index < -0.39 is 5.97 Å². The van der Waals surface area contributed by atoms with E-state index in [-0.39, 0.29) is 5.92 Å². The lowest BCUT2D eigenvalue weighted by molar-refractivity contribution is -0.147. The summed E-state index contributed by atoms with van der Waals surface area (Å²) in [4.78, 5) is 11.0. The lowest BCUT2D eigenvalue weighted by atomic mass is 9.70. The predicted molar refractivity (Wildman–Crippen MR) is 71.5 cm³/mol. The number of benzene rings is 2. The van der Waals surface area contributed by atoms with E-state index in [0.717, 1.165) is 19.3 Å².